The molecule has 0 atom stereocenters. The summed E-state index contributed by atoms with van der Waals surface area (Å²) < 4.78 is 14.3. The molecular formula is C42H26N4S. The molecule has 47 heavy (non-hydrogen) atoms. The average Bonchev–Trinajstić information content (AvgIpc) is 3.85. The van der Waals surface area contributed by atoms with Crippen LogP contribution in [0.25, 0.3) is 88.3 Å². The molecule has 7 aromatic carbocycles. The number of para-hydroxylation sites is 4. The standard InChI is InChI=1S/C42H26N4S/c1-2-10-29(11-3-1)45-39-17-9-6-14-35(39)36-26-28(20-25-40(36)45)32-24-23-31(41-42(32)44-47-43-41)27-18-21-30(22-19-27)46-37-15-7-4-12-33(37)34-13-5-8-16-38(34)46/h1-26H. The van der Waals surface area contributed by atoms with Crippen molar-refractivity contribution < 1.29 is 0 Å². The van der Waals surface area contributed by atoms with E-state index >= 15 is 0 Å². The van der Waals surface area contributed by atoms with Crippen molar-refractivity contribution in [3.8, 4) is 33.6 Å². The highest BCUT2D eigenvalue weighted by Gasteiger charge is 2.17. The second-order valence-corrected chi connectivity index (χ2v) is 12.5. The van der Waals surface area contributed by atoms with Crippen LogP contribution in [0.5, 0.6) is 0 Å². The third-order valence-corrected chi connectivity index (χ3v) is 9.96. The van der Waals surface area contributed by atoms with Crippen LogP contribution in [0.1, 0.15) is 0 Å². The van der Waals surface area contributed by atoms with E-state index in [1.165, 1.54) is 55.3 Å². The van der Waals surface area contributed by atoms with E-state index < -0.39 is 0 Å². The SMILES string of the molecule is c1ccc(-n2c3ccccc3c3cc(-c4ccc(-c5ccc(-n6c7ccccc7c7ccccc76)cc5)c5nsnc45)ccc32)cc1. The van der Waals surface area contributed by atoms with Crippen LogP contribution in [0.4, 0.5) is 0 Å². The lowest BCUT2D eigenvalue weighted by Crippen LogP contribution is -1.94. The van der Waals surface area contributed by atoms with Gasteiger partial charge in [-0.3, -0.25) is 0 Å². The molecule has 0 radical (unpaired) electrons. The van der Waals surface area contributed by atoms with Gasteiger partial charge in [0.05, 0.1) is 33.8 Å². The zero-order chi connectivity index (χ0) is 30.9. The summed E-state index contributed by atoms with van der Waals surface area (Å²) in [4.78, 5) is 0. The molecule has 0 aliphatic carbocycles. The van der Waals surface area contributed by atoms with Crippen molar-refractivity contribution in [2.24, 2.45) is 0 Å². The van der Waals surface area contributed by atoms with Gasteiger partial charge in [0.1, 0.15) is 11.0 Å². The Morgan fingerprint density at radius 1 is 0.362 bits per heavy atom. The zero-order valence-corrected chi connectivity index (χ0v) is 26.0. The van der Waals surface area contributed by atoms with E-state index in [9.17, 15) is 0 Å². The summed E-state index contributed by atoms with van der Waals surface area (Å²) in [5.74, 6) is 0. The molecule has 0 unspecified atom stereocenters. The van der Waals surface area contributed by atoms with Gasteiger partial charge in [-0.05, 0) is 65.7 Å². The van der Waals surface area contributed by atoms with Gasteiger partial charge in [-0.2, -0.15) is 8.75 Å². The first-order valence-corrected chi connectivity index (χ1v) is 16.5. The molecule has 0 saturated heterocycles. The highest BCUT2D eigenvalue weighted by atomic mass is 32.1. The molecule has 10 aromatic rings. The first-order valence-electron chi connectivity index (χ1n) is 15.8. The van der Waals surface area contributed by atoms with Crippen LogP contribution >= 0.6 is 11.7 Å². The van der Waals surface area contributed by atoms with Crippen molar-refractivity contribution in [2.45, 2.75) is 0 Å². The summed E-state index contributed by atoms with van der Waals surface area (Å²) >= 11 is 1.27. The largest absolute Gasteiger partial charge is 0.309 e. The van der Waals surface area contributed by atoms with Crippen LogP contribution in [0.15, 0.2) is 158 Å². The van der Waals surface area contributed by atoms with Gasteiger partial charge in [0.25, 0.3) is 0 Å². The van der Waals surface area contributed by atoms with E-state index in [0.717, 1.165) is 44.7 Å². The Labute approximate surface area is 274 Å². The second kappa shape index (κ2) is 10.2. The summed E-state index contributed by atoms with van der Waals surface area (Å²) in [5, 5.41) is 4.99. The van der Waals surface area contributed by atoms with Crippen LogP contribution in [0.2, 0.25) is 0 Å². The van der Waals surface area contributed by atoms with E-state index in [2.05, 4.69) is 167 Å². The second-order valence-electron chi connectivity index (χ2n) is 12.0. The molecule has 0 saturated carbocycles. The molecule has 4 nitrogen and oxygen atoms in total. The van der Waals surface area contributed by atoms with Crippen LogP contribution in [-0.2, 0) is 0 Å². The van der Waals surface area contributed by atoms with Crippen molar-refractivity contribution in [1.29, 1.82) is 0 Å². The first kappa shape index (κ1) is 26.2. The lowest BCUT2D eigenvalue weighted by atomic mass is 9.96. The number of hydrogen-bond donors (Lipinski definition) is 0. The van der Waals surface area contributed by atoms with Crippen molar-refractivity contribution in [3.05, 3.63) is 158 Å². The maximum atomic E-state index is 4.82. The highest BCUT2D eigenvalue weighted by molar-refractivity contribution is 7.00. The summed E-state index contributed by atoms with van der Waals surface area (Å²) in [6.45, 7) is 0. The molecule has 0 bridgehead atoms. The Bertz CT molecular complexity index is 2730. The smallest absolute Gasteiger partial charge is 0.113 e. The Hall–Kier alpha value is -6.04. The molecule has 0 N–H and O–H groups in total. The van der Waals surface area contributed by atoms with E-state index in [-0.39, 0.29) is 0 Å². The van der Waals surface area contributed by atoms with E-state index in [1.54, 1.807) is 0 Å². The van der Waals surface area contributed by atoms with Gasteiger partial charge in [0, 0.05) is 44.0 Å². The minimum atomic E-state index is 0.934. The monoisotopic (exact) mass is 618 g/mol. The number of benzene rings is 7. The summed E-state index contributed by atoms with van der Waals surface area (Å²) in [7, 11) is 0. The predicted octanol–water partition coefficient (Wildman–Crippen LogP) is 11.2. The first-order chi connectivity index (χ1) is 23.3. The maximum Gasteiger partial charge on any atom is 0.113 e. The number of aromatic nitrogens is 4. The third kappa shape index (κ3) is 3.94. The maximum absolute atomic E-state index is 4.82. The average molecular weight is 619 g/mol. The highest BCUT2D eigenvalue weighted by Crippen LogP contribution is 2.39. The summed E-state index contributed by atoms with van der Waals surface area (Å²) in [6, 6.07) is 56.5. The molecule has 0 fully saturated rings. The van der Waals surface area contributed by atoms with Gasteiger partial charge in [0.2, 0.25) is 0 Å². The Balaban J connectivity index is 1.08. The fourth-order valence-corrected chi connectivity index (χ4v) is 7.89. The Morgan fingerprint density at radius 2 is 0.809 bits per heavy atom. The van der Waals surface area contributed by atoms with E-state index in [4.69, 9.17) is 8.75 Å². The normalized spacial score (nSPS) is 11.8. The third-order valence-electron chi connectivity index (χ3n) is 9.43. The van der Waals surface area contributed by atoms with Gasteiger partial charge in [-0.1, -0.05) is 103 Å². The zero-order valence-electron chi connectivity index (χ0n) is 25.2. The number of nitrogens with zero attached hydrogens (tertiary/aromatic N) is 4. The Morgan fingerprint density at radius 3 is 1.40 bits per heavy atom. The molecule has 10 rings (SSSR count). The molecule has 0 spiro atoms. The number of rotatable bonds is 4. The molecule has 3 heterocycles. The van der Waals surface area contributed by atoms with Crippen molar-refractivity contribution in [2.75, 3.05) is 0 Å². The fourth-order valence-electron chi connectivity index (χ4n) is 7.32. The lowest BCUT2D eigenvalue weighted by Gasteiger charge is -2.11. The number of fused-ring (bicyclic) bond motifs is 7. The summed E-state index contributed by atoms with van der Waals surface area (Å²) in [5.41, 5.74) is 13.4. The molecular weight excluding hydrogens is 593 g/mol. The minimum Gasteiger partial charge on any atom is -0.309 e. The molecule has 5 heteroatoms. The number of hydrogen-bond acceptors (Lipinski definition) is 3. The van der Waals surface area contributed by atoms with E-state index in [0.29, 0.717) is 0 Å². The van der Waals surface area contributed by atoms with Gasteiger partial charge in [0.15, 0.2) is 0 Å². The van der Waals surface area contributed by atoms with Crippen LogP contribution in [-0.4, -0.2) is 17.9 Å². The Kier molecular flexibility index (Phi) is 5.71. The van der Waals surface area contributed by atoms with Gasteiger partial charge in [-0.25, -0.2) is 0 Å². The fraction of sp³-hybridized carbons (Fsp3) is 0. The molecule has 0 amide bonds. The minimum absolute atomic E-state index is 0.934. The van der Waals surface area contributed by atoms with Crippen molar-refractivity contribution in [3.63, 3.8) is 0 Å². The van der Waals surface area contributed by atoms with Gasteiger partial charge < -0.3 is 9.13 Å². The van der Waals surface area contributed by atoms with E-state index in [1.807, 2.05) is 0 Å². The van der Waals surface area contributed by atoms with Crippen molar-refractivity contribution in [1.82, 2.24) is 17.9 Å². The molecule has 3 aromatic heterocycles. The lowest BCUT2D eigenvalue weighted by molar-refractivity contribution is 1.18. The van der Waals surface area contributed by atoms with Gasteiger partial charge >= 0.3 is 0 Å². The van der Waals surface area contributed by atoms with Gasteiger partial charge in [-0.15, -0.1) is 0 Å². The summed E-state index contributed by atoms with van der Waals surface area (Å²) in [6.07, 6.45) is 0. The van der Waals surface area contributed by atoms with Crippen molar-refractivity contribution >= 4 is 66.4 Å². The topological polar surface area (TPSA) is 35.6 Å². The molecule has 0 aliphatic heterocycles. The van der Waals surface area contributed by atoms with Crippen LogP contribution < -0.4 is 0 Å². The predicted molar refractivity (Wildman–Crippen MR) is 197 cm³/mol. The molecule has 0 aliphatic rings. The van der Waals surface area contributed by atoms with Crippen LogP contribution in [0.3, 0.4) is 0 Å². The molecule has 220 valence electrons. The van der Waals surface area contributed by atoms with Crippen LogP contribution in [0, 0.1) is 0 Å². The quantitative estimate of drug-likeness (QED) is 0.197.